The van der Waals surface area contributed by atoms with Crippen LogP contribution in [0.25, 0.3) is 0 Å². The maximum Gasteiger partial charge on any atom is 0.261 e. The quantitative estimate of drug-likeness (QED) is 0.617. The van der Waals surface area contributed by atoms with E-state index in [9.17, 15) is 9.59 Å². The van der Waals surface area contributed by atoms with E-state index in [4.69, 9.17) is 4.74 Å². The van der Waals surface area contributed by atoms with Crippen LogP contribution in [0.15, 0.2) is 48.5 Å². The number of amides is 2. The second-order valence-electron chi connectivity index (χ2n) is 7.43. The lowest BCUT2D eigenvalue weighted by atomic mass is 10.1. The van der Waals surface area contributed by atoms with Crippen LogP contribution < -0.4 is 10.1 Å². The van der Waals surface area contributed by atoms with E-state index in [0.29, 0.717) is 18.8 Å². The Hall–Kier alpha value is -2.82. The van der Waals surface area contributed by atoms with Gasteiger partial charge < -0.3 is 15.0 Å². The average Bonchev–Trinajstić information content (AvgIpc) is 2.72. The number of aryl methyl sites for hydroxylation is 2. The minimum Gasteiger partial charge on any atom is -0.484 e. The maximum atomic E-state index is 13.0. The normalized spacial score (nSPS) is 11.6. The van der Waals surface area contributed by atoms with Crippen LogP contribution in [0.5, 0.6) is 5.75 Å². The molecular weight excluding hydrogens is 364 g/mol. The second kappa shape index (κ2) is 11.2. The van der Waals surface area contributed by atoms with Crippen molar-refractivity contribution in [2.75, 3.05) is 13.2 Å². The monoisotopic (exact) mass is 396 g/mol. The molecule has 0 aliphatic heterocycles. The fraction of sp³-hybridized carbons (Fsp3) is 0.417. The molecule has 1 atom stereocenters. The molecule has 0 spiro atoms. The number of hydrogen-bond donors (Lipinski definition) is 1. The van der Waals surface area contributed by atoms with E-state index in [1.807, 2.05) is 62.4 Å². The molecule has 0 heterocycles. The molecule has 0 fully saturated rings. The van der Waals surface area contributed by atoms with Crippen LogP contribution in [0, 0.1) is 13.8 Å². The number of carbonyl (C=O) groups is 2. The fourth-order valence-electron chi connectivity index (χ4n) is 2.87. The first-order valence-corrected chi connectivity index (χ1v) is 10.2. The molecule has 0 aliphatic carbocycles. The van der Waals surface area contributed by atoms with Gasteiger partial charge in [0.2, 0.25) is 5.91 Å². The van der Waals surface area contributed by atoms with Crippen molar-refractivity contribution in [3.8, 4) is 5.75 Å². The van der Waals surface area contributed by atoms with Crippen LogP contribution in [0.4, 0.5) is 0 Å². The van der Waals surface area contributed by atoms with Crippen molar-refractivity contribution in [3.63, 3.8) is 0 Å². The zero-order valence-electron chi connectivity index (χ0n) is 17.9. The molecule has 0 bridgehead atoms. The van der Waals surface area contributed by atoms with Crippen molar-refractivity contribution in [3.05, 3.63) is 65.2 Å². The molecule has 156 valence electrons. The van der Waals surface area contributed by atoms with Gasteiger partial charge in [-0.15, -0.1) is 0 Å². The summed E-state index contributed by atoms with van der Waals surface area (Å²) in [5.41, 5.74) is 3.26. The lowest BCUT2D eigenvalue weighted by molar-refractivity contribution is -0.142. The van der Waals surface area contributed by atoms with Gasteiger partial charge in [-0.25, -0.2) is 0 Å². The third-order valence-electron chi connectivity index (χ3n) is 4.85. The van der Waals surface area contributed by atoms with Crippen molar-refractivity contribution in [2.24, 2.45) is 0 Å². The van der Waals surface area contributed by atoms with Gasteiger partial charge in [-0.1, -0.05) is 60.9 Å². The summed E-state index contributed by atoms with van der Waals surface area (Å²) in [6.07, 6.45) is 1.92. The molecular formula is C24H32N2O3. The van der Waals surface area contributed by atoms with Crippen LogP contribution in [0.2, 0.25) is 0 Å². The number of nitrogens with zero attached hydrogens (tertiary/aromatic N) is 1. The van der Waals surface area contributed by atoms with Crippen molar-refractivity contribution >= 4 is 11.8 Å². The van der Waals surface area contributed by atoms with Crippen molar-refractivity contribution in [2.45, 2.75) is 53.1 Å². The number of nitrogens with one attached hydrogen (secondary N) is 1. The molecule has 0 radical (unpaired) electrons. The summed E-state index contributed by atoms with van der Waals surface area (Å²) in [7, 11) is 0. The SMILES string of the molecule is CCCCNC(=O)[C@H](C)N(Cc1ccc(C)cc1)C(=O)COc1ccc(C)cc1. The summed E-state index contributed by atoms with van der Waals surface area (Å²) in [5, 5.41) is 2.92. The molecule has 0 unspecified atom stereocenters. The summed E-state index contributed by atoms with van der Waals surface area (Å²) in [4.78, 5) is 27.1. The van der Waals surface area contributed by atoms with Crippen molar-refractivity contribution < 1.29 is 14.3 Å². The van der Waals surface area contributed by atoms with Gasteiger partial charge in [0.25, 0.3) is 5.91 Å². The Morgan fingerprint density at radius 3 is 2.17 bits per heavy atom. The predicted molar refractivity (Wildman–Crippen MR) is 116 cm³/mol. The topological polar surface area (TPSA) is 58.6 Å². The van der Waals surface area contributed by atoms with Gasteiger partial charge in [-0.05, 0) is 44.9 Å². The smallest absolute Gasteiger partial charge is 0.261 e. The number of rotatable bonds is 10. The standard InChI is InChI=1S/C24H32N2O3/c1-5-6-15-25-24(28)20(4)26(16-21-11-7-18(2)8-12-21)23(27)17-29-22-13-9-19(3)10-14-22/h7-14,20H,5-6,15-17H2,1-4H3,(H,25,28)/t20-/m0/s1. The summed E-state index contributed by atoms with van der Waals surface area (Å²) in [5.74, 6) is 0.276. The summed E-state index contributed by atoms with van der Waals surface area (Å²) >= 11 is 0. The molecule has 0 saturated carbocycles. The number of benzene rings is 2. The van der Waals surface area contributed by atoms with Crippen molar-refractivity contribution in [1.82, 2.24) is 10.2 Å². The zero-order valence-corrected chi connectivity index (χ0v) is 17.9. The third-order valence-corrected chi connectivity index (χ3v) is 4.85. The first kappa shape index (κ1) is 22.5. The predicted octanol–water partition coefficient (Wildman–Crippen LogP) is 4.02. The van der Waals surface area contributed by atoms with Gasteiger partial charge in [0.05, 0.1) is 0 Å². The first-order chi connectivity index (χ1) is 13.9. The molecule has 2 rings (SSSR count). The van der Waals surface area contributed by atoms with E-state index < -0.39 is 6.04 Å². The average molecular weight is 397 g/mol. The molecule has 0 aliphatic rings. The highest BCUT2D eigenvalue weighted by Crippen LogP contribution is 2.14. The van der Waals surface area contributed by atoms with Gasteiger partial charge in [0.15, 0.2) is 6.61 Å². The molecule has 1 N–H and O–H groups in total. The van der Waals surface area contributed by atoms with Gasteiger partial charge in [0, 0.05) is 13.1 Å². The first-order valence-electron chi connectivity index (χ1n) is 10.2. The summed E-state index contributed by atoms with van der Waals surface area (Å²) in [6.45, 7) is 8.72. The Morgan fingerprint density at radius 1 is 1.00 bits per heavy atom. The molecule has 5 nitrogen and oxygen atoms in total. The summed E-state index contributed by atoms with van der Waals surface area (Å²) < 4.78 is 5.67. The highest BCUT2D eigenvalue weighted by atomic mass is 16.5. The highest BCUT2D eigenvalue weighted by Gasteiger charge is 2.26. The zero-order chi connectivity index (χ0) is 21.2. The Kier molecular flexibility index (Phi) is 8.71. The van der Waals surface area contributed by atoms with E-state index in [0.717, 1.165) is 29.5 Å². The Bertz CT molecular complexity index is 785. The van der Waals surface area contributed by atoms with E-state index in [-0.39, 0.29) is 18.4 Å². The third kappa shape index (κ3) is 7.26. The minimum atomic E-state index is -0.581. The fourth-order valence-corrected chi connectivity index (χ4v) is 2.87. The van der Waals surface area contributed by atoms with Crippen LogP contribution in [-0.4, -0.2) is 35.9 Å². The Labute approximate surface area is 174 Å². The lowest BCUT2D eigenvalue weighted by Crippen LogP contribution is -2.49. The van der Waals surface area contributed by atoms with Gasteiger partial charge in [0.1, 0.15) is 11.8 Å². The van der Waals surface area contributed by atoms with Gasteiger partial charge >= 0.3 is 0 Å². The number of unbranched alkanes of at least 4 members (excludes halogenated alkanes) is 1. The van der Waals surface area contributed by atoms with Gasteiger partial charge in [-0.2, -0.15) is 0 Å². The number of hydrogen-bond acceptors (Lipinski definition) is 3. The van der Waals surface area contributed by atoms with E-state index >= 15 is 0 Å². The van der Waals surface area contributed by atoms with Gasteiger partial charge in [-0.3, -0.25) is 9.59 Å². The maximum absolute atomic E-state index is 13.0. The van der Waals surface area contributed by atoms with E-state index in [1.54, 1.807) is 11.8 Å². The second-order valence-corrected chi connectivity index (χ2v) is 7.43. The minimum absolute atomic E-state index is 0.110. The largest absolute Gasteiger partial charge is 0.484 e. The molecule has 5 heteroatoms. The molecule has 0 aromatic heterocycles. The lowest BCUT2D eigenvalue weighted by Gasteiger charge is -2.28. The Morgan fingerprint density at radius 2 is 1.59 bits per heavy atom. The molecule has 2 aromatic rings. The van der Waals surface area contributed by atoms with Crippen LogP contribution in [0.1, 0.15) is 43.4 Å². The highest BCUT2D eigenvalue weighted by molar-refractivity contribution is 5.87. The Balaban J connectivity index is 2.08. The number of carbonyl (C=O) groups excluding carboxylic acids is 2. The molecule has 0 saturated heterocycles. The molecule has 2 amide bonds. The summed E-state index contributed by atoms with van der Waals surface area (Å²) in [6, 6.07) is 15.0. The van der Waals surface area contributed by atoms with Crippen LogP contribution >= 0.6 is 0 Å². The molecule has 29 heavy (non-hydrogen) atoms. The van der Waals surface area contributed by atoms with Crippen molar-refractivity contribution in [1.29, 1.82) is 0 Å². The van der Waals surface area contributed by atoms with Crippen LogP contribution in [0.3, 0.4) is 0 Å². The van der Waals surface area contributed by atoms with E-state index in [1.165, 1.54) is 0 Å². The number of ether oxygens (including phenoxy) is 1. The van der Waals surface area contributed by atoms with Crippen LogP contribution in [-0.2, 0) is 16.1 Å². The van der Waals surface area contributed by atoms with E-state index in [2.05, 4.69) is 12.2 Å². The molecule has 2 aromatic carbocycles.